The molecule has 14 unspecified atom stereocenters. The van der Waals surface area contributed by atoms with Gasteiger partial charge < -0.3 is 24.4 Å². The maximum Gasteiger partial charge on any atom is 0.312 e. The van der Waals surface area contributed by atoms with Gasteiger partial charge in [-0.1, -0.05) is 13.8 Å². The monoisotopic (exact) mass is 588 g/mol. The molecule has 6 aliphatic carbocycles. The summed E-state index contributed by atoms with van der Waals surface area (Å²) >= 11 is 0. The van der Waals surface area contributed by atoms with Crippen molar-refractivity contribution in [3.8, 4) is 0 Å². The Kier molecular flexibility index (Phi) is 8.44. The van der Waals surface area contributed by atoms with Crippen LogP contribution in [0, 0.1) is 88.3 Å². The molecule has 0 spiro atoms. The summed E-state index contributed by atoms with van der Waals surface area (Å²) in [4.78, 5) is 39.4. The molecular formula is C34H52O8. The van der Waals surface area contributed by atoms with E-state index in [0.29, 0.717) is 60.4 Å². The number of carbonyl (C=O) groups excluding carboxylic acids is 2. The molecule has 0 heterocycles. The minimum atomic E-state index is -0.985. The second kappa shape index (κ2) is 11.7. The van der Waals surface area contributed by atoms with Crippen LogP contribution in [0.1, 0.15) is 79.1 Å². The third-order valence-electron chi connectivity index (χ3n) is 13.5. The summed E-state index contributed by atoms with van der Waals surface area (Å²) in [6.07, 6.45) is 9.17. The summed E-state index contributed by atoms with van der Waals surface area (Å²) in [5.74, 6) is 2.28. The Balaban J connectivity index is 1.20. The third-order valence-corrected chi connectivity index (χ3v) is 13.5. The van der Waals surface area contributed by atoms with Crippen molar-refractivity contribution in [3.05, 3.63) is 0 Å². The van der Waals surface area contributed by atoms with Gasteiger partial charge in [0.1, 0.15) is 6.61 Å². The minimum Gasteiger partial charge on any atom is -0.481 e. The number of carboxylic acids is 1. The maximum atomic E-state index is 13.9. The van der Waals surface area contributed by atoms with Crippen LogP contribution in [0.2, 0.25) is 0 Å². The molecular weight excluding hydrogens is 536 g/mol. The predicted molar refractivity (Wildman–Crippen MR) is 154 cm³/mol. The van der Waals surface area contributed by atoms with E-state index in [1.54, 1.807) is 6.92 Å². The van der Waals surface area contributed by atoms with Crippen molar-refractivity contribution in [2.24, 2.45) is 88.3 Å². The molecule has 0 aromatic rings. The molecule has 0 saturated heterocycles. The molecule has 14 atom stereocenters. The Morgan fingerprint density at radius 2 is 1.52 bits per heavy atom. The Morgan fingerprint density at radius 3 is 2.17 bits per heavy atom. The number of carbonyl (C=O) groups is 3. The molecule has 6 fully saturated rings. The number of rotatable bonds is 13. The van der Waals surface area contributed by atoms with Crippen molar-refractivity contribution in [3.63, 3.8) is 0 Å². The molecule has 6 saturated carbocycles. The van der Waals surface area contributed by atoms with Gasteiger partial charge in [0.15, 0.2) is 6.79 Å². The largest absolute Gasteiger partial charge is 0.481 e. The van der Waals surface area contributed by atoms with Crippen LogP contribution in [0.5, 0.6) is 0 Å². The fraction of sp³-hybridized carbons (Fsp3) is 0.912. The van der Waals surface area contributed by atoms with Crippen LogP contribution in [-0.2, 0) is 28.6 Å². The molecule has 0 aliphatic heterocycles. The highest BCUT2D eigenvalue weighted by atomic mass is 16.7. The highest BCUT2D eigenvalue weighted by Crippen LogP contribution is 2.72. The average Bonchev–Trinajstić information content (AvgIpc) is 3.79. The number of aliphatic hydroxyl groups excluding tert-OH is 1. The first-order valence-electron chi connectivity index (χ1n) is 16.8. The lowest BCUT2D eigenvalue weighted by Crippen LogP contribution is -2.48. The standard InChI is InChI=1S/C34H52O8/c1-17-19-5-6-20(11-19)26(17)15-40-16-42-32(38)27(18(2)31(36)37)30-24-13-23(28-21-7-8-22(12-21)29(24)28)25(30)14-34(3,4)33(39)41-10-9-35/h17-30,35H,5-16H2,1-4H3,(H,36,37). The molecule has 236 valence electrons. The summed E-state index contributed by atoms with van der Waals surface area (Å²) in [5.41, 5.74) is -0.808. The van der Waals surface area contributed by atoms with Crippen LogP contribution in [0.15, 0.2) is 0 Å². The van der Waals surface area contributed by atoms with Crippen molar-refractivity contribution in [1.82, 2.24) is 0 Å². The van der Waals surface area contributed by atoms with Crippen LogP contribution in [-0.4, -0.2) is 54.7 Å². The van der Waals surface area contributed by atoms with Crippen molar-refractivity contribution in [2.45, 2.75) is 79.1 Å². The van der Waals surface area contributed by atoms with Crippen LogP contribution >= 0.6 is 0 Å². The Morgan fingerprint density at radius 1 is 0.881 bits per heavy atom. The van der Waals surface area contributed by atoms with Gasteiger partial charge in [-0.25, -0.2) is 0 Å². The molecule has 0 radical (unpaired) electrons. The van der Waals surface area contributed by atoms with E-state index in [1.165, 1.54) is 38.5 Å². The molecule has 42 heavy (non-hydrogen) atoms. The summed E-state index contributed by atoms with van der Waals surface area (Å²) in [7, 11) is 0. The lowest BCUT2D eigenvalue weighted by Gasteiger charge is -2.47. The van der Waals surface area contributed by atoms with Gasteiger partial charge in [-0.2, -0.15) is 0 Å². The molecule has 6 bridgehead atoms. The lowest BCUT2D eigenvalue weighted by molar-refractivity contribution is -0.175. The van der Waals surface area contributed by atoms with Crippen molar-refractivity contribution < 1.29 is 38.8 Å². The van der Waals surface area contributed by atoms with Crippen molar-refractivity contribution in [1.29, 1.82) is 0 Å². The topological polar surface area (TPSA) is 119 Å². The zero-order chi connectivity index (χ0) is 29.9. The van der Waals surface area contributed by atoms with E-state index in [4.69, 9.17) is 14.2 Å². The first kappa shape index (κ1) is 30.4. The minimum absolute atomic E-state index is 0.0388. The molecule has 0 amide bonds. The number of hydrogen-bond donors (Lipinski definition) is 2. The second-order valence-corrected chi connectivity index (χ2v) is 15.7. The maximum absolute atomic E-state index is 13.9. The molecule has 8 nitrogen and oxygen atoms in total. The first-order chi connectivity index (χ1) is 20.0. The summed E-state index contributed by atoms with van der Waals surface area (Å²) < 4.78 is 17.1. The van der Waals surface area contributed by atoms with E-state index in [-0.39, 0.29) is 43.7 Å². The van der Waals surface area contributed by atoms with Gasteiger partial charge in [0.2, 0.25) is 0 Å². The number of ether oxygens (including phenoxy) is 3. The van der Waals surface area contributed by atoms with E-state index in [0.717, 1.165) is 12.3 Å². The quantitative estimate of drug-likeness (QED) is 0.133. The van der Waals surface area contributed by atoms with E-state index in [2.05, 4.69) is 6.92 Å². The molecule has 0 aromatic heterocycles. The highest BCUT2D eigenvalue weighted by Gasteiger charge is 2.68. The number of fused-ring (bicyclic) bond motifs is 11. The number of aliphatic carboxylic acids is 1. The van der Waals surface area contributed by atoms with E-state index in [1.807, 2.05) is 13.8 Å². The van der Waals surface area contributed by atoms with Crippen LogP contribution in [0.25, 0.3) is 0 Å². The molecule has 0 aromatic carbocycles. The zero-order valence-electron chi connectivity index (χ0n) is 25.9. The van der Waals surface area contributed by atoms with E-state index < -0.39 is 29.2 Å². The van der Waals surface area contributed by atoms with Crippen molar-refractivity contribution >= 4 is 17.9 Å². The Labute approximate surface area is 250 Å². The smallest absolute Gasteiger partial charge is 0.312 e. The van der Waals surface area contributed by atoms with Gasteiger partial charge in [-0.05, 0) is 136 Å². The first-order valence-corrected chi connectivity index (χ1v) is 16.8. The fourth-order valence-corrected chi connectivity index (χ4v) is 11.8. The highest BCUT2D eigenvalue weighted by molar-refractivity contribution is 5.81. The van der Waals surface area contributed by atoms with Gasteiger partial charge in [0.25, 0.3) is 0 Å². The summed E-state index contributed by atoms with van der Waals surface area (Å²) in [6.45, 7) is 7.91. The average molecular weight is 589 g/mol. The van der Waals surface area contributed by atoms with E-state index >= 15 is 0 Å². The van der Waals surface area contributed by atoms with Gasteiger partial charge in [-0.15, -0.1) is 0 Å². The SMILES string of the molecule is CC(C(=O)O)C(C(=O)OCOCC1C2CCC(C2)C1C)C1C(CC(C)(C)C(=O)OCCO)C2CC1C1C3CCC(C3)C21. The normalized spacial score (nSPS) is 42.5. The third kappa shape index (κ3) is 5.10. The van der Waals surface area contributed by atoms with Gasteiger partial charge in [0.05, 0.1) is 30.5 Å². The van der Waals surface area contributed by atoms with Gasteiger partial charge in [-0.3, -0.25) is 14.4 Å². The summed E-state index contributed by atoms with van der Waals surface area (Å²) in [6, 6.07) is 0. The van der Waals surface area contributed by atoms with Crippen LogP contribution < -0.4 is 0 Å². The number of carboxylic acid groups (broad SMARTS) is 1. The van der Waals surface area contributed by atoms with Crippen LogP contribution in [0.3, 0.4) is 0 Å². The van der Waals surface area contributed by atoms with Gasteiger partial charge in [0, 0.05) is 0 Å². The molecule has 6 aliphatic rings. The second-order valence-electron chi connectivity index (χ2n) is 15.7. The Hall–Kier alpha value is -1.67. The van der Waals surface area contributed by atoms with Gasteiger partial charge >= 0.3 is 17.9 Å². The molecule has 6 rings (SSSR count). The van der Waals surface area contributed by atoms with Crippen molar-refractivity contribution in [2.75, 3.05) is 26.6 Å². The lowest BCUT2D eigenvalue weighted by atomic mass is 9.57. The van der Waals surface area contributed by atoms with Crippen LogP contribution in [0.4, 0.5) is 0 Å². The number of esters is 2. The fourth-order valence-electron chi connectivity index (χ4n) is 11.8. The predicted octanol–water partition coefficient (Wildman–Crippen LogP) is 5.02. The number of aliphatic hydroxyl groups is 1. The molecule has 2 N–H and O–H groups in total. The van der Waals surface area contributed by atoms with E-state index in [9.17, 15) is 24.6 Å². The molecule has 8 heteroatoms. The zero-order valence-corrected chi connectivity index (χ0v) is 25.9. The number of hydrogen-bond acceptors (Lipinski definition) is 7. The Bertz CT molecular complexity index is 1040. The summed E-state index contributed by atoms with van der Waals surface area (Å²) in [5, 5.41) is 19.4.